The van der Waals surface area contributed by atoms with E-state index < -0.39 is 11.8 Å². The van der Waals surface area contributed by atoms with E-state index in [1.54, 1.807) is 0 Å². The zero-order chi connectivity index (χ0) is 12.6. The van der Waals surface area contributed by atoms with Gasteiger partial charge in [0.2, 0.25) is 11.8 Å². The first-order chi connectivity index (χ1) is 7.51. The van der Waals surface area contributed by atoms with Gasteiger partial charge in [-0.25, -0.2) is 5.01 Å². The van der Waals surface area contributed by atoms with Crippen LogP contribution in [0.1, 0.15) is 20.3 Å². The number of nitrogens with one attached hydrogen (secondary N) is 2. The molecule has 0 fully saturated rings. The lowest BCUT2D eigenvalue weighted by molar-refractivity contribution is -0.142. The van der Waals surface area contributed by atoms with Crippen molar-refractivity contribution in [2.75, 3.05) is 19.6 Å². The Balaban J connectivity index is 4.25. The van der Waals surface area contributed by atoms with Crippen LogP contribution in [0.3, 0.4) is 0 Å². The van der Waals surface area contributed by atoms with Crippen molar-refractivity contribution in [1.29, 1.82) is 0 Å². The summed E-state index contributed by atoms with van der Waals surface area (Å²) in [5.74, 6) is -1.27. The molecule has 0 aromatic rings. The third-order valence-corrected chi connectivity index (χ3v) is 1.64. The number of rotatable bonds is 5. The molecule has 0 aromatic carbocycles. The predicted molar refractivity (Wildman–Crippen MR) is 57.9 cm³/mol. The van der Waals surface area contributed by atoms with E-state index in [1.807, 2.05) is 6.92 Å². The monoisotopic (exact) mass is 230 g/mol. The second kappa shape index (κ2) is 7.63. The zero-order valence-electron chi connectivity index (χ0n) is 9.58. The molecule has 7 heteroatoms. The van der Waals surface area contributed by atoms with Gasteiger partial charge in [-0.05, 0) is 6.42 Å². The second-order valence-electron chi connectivity index (χ2n) is 3.20. The number of carbonyl (C=O) groups is 3. The van der Waals surface area contributed by atoms with Gasteiger partial charge in [0.1, 0.15) is 6.54 Å². The molecule has 0 heterocycles. The maximum Gasteiger partial charge on any atom is 0.255 e. The van der Waals surface area contributed by atoms with Crippen LogP contribution in [-0.4, -0.2) is 42.4 Å². The van der Waals surface area contributed by atoms with Crippen molar-refractivity contribution in [2.45, 2.75) is 20.3 Å². The van der Waals surface area contributed by atoms with Crippen molar-refractivity contribution in [3.63, 3.8) is 0 Å². The average molecular weight is 230 g/mol. The maximum absolute atomic E-state index is 11.3. The quantitative estimate of drug-likeness (QED) is 0.492. The Morgan fingerprint density at radius 1 is 1.31 bits per heavy atom. The molecule has 0 aliphatic carbocycles. The smallest absolute Gasteiger partial charge is 0.255 e. The largest absolute Gasteiger partial charge is 0.355 e. The molecular weight excluding hydrogens is 212 g/mol. The number of hydrazine groups is 1. The summed E-state index contributed by atoms with van der Waals surface area (Å²) >= 11 is 0. The molecule has 0 aliphatic rings. The maximum atomic E-state index is 11.3. The Morgan fingerprint density at radius 3 is 2.38 bits per heavy atom. The SMILES string of the molecule is CCCNC(=O)CN(NC(C)=O)C(=O)CN. The van der Waals surface area contributed by atoms with Crippen molar-refractivity contribution in [2.24, 2.45) is 5.73 Å². The van der Waals surface area contributed by atoms with Gasteiger partial charge in [-0.3, -0.25) is 19.8 Å². The number of hydrogen-bond acceptors (Lipinski definition) is 4. The number of amides is 3. The zero-order valence-corrected chi connectivity index (χ0v) is 9.58. The summed E-state index contributed by atoms with van der Waals surface area (Å²) in [7, 11) is 0. The highest BCUT2D eigenvalue weighted by molar-refractivity contribution is 5.87. The molecule has 0 rings (SSSR count). The van der Waals surface area contributed by atoms with Gasteiger partial charge < -0.3 is 11.1 Å². The highest BCUT2D eigenvalue weighted by Gasteiger charge is 2.16. The van der Waals surface area contributed by atoms with Gasteiger partial charge in [0.05, 0.1) is 6.54 Å². The van der Waals surface area contributed by atoms with Gasteiger partial charge in [0, 0.05) is 13.5 Å². The van der Waals surface area contributed by atoms with Crippen LogP contribution in [0.15, 0.2) is 0 Å². The Bertz CT molecular complexity index is 267. The van der Waals surface area contributed by atoms with Gasteiger partial charge in [0.25, 0.3) is 5.91 Å². The van der Waals surface area contributed by atoms with Crippen molar-refractivity contribution in [3.8, 4) is 0 Å². The minimum atomic E-state index is -0.512. The van der Waals surface area contributed by atoms with Gasteiger partial charge in [-0.1, -0.05) is 6.92 Å². The number of hydrogen-bond donors (Lipinski definition) is 3. The lowest BCUT2D eigenvalue weighted by atomic mass is 10.4. The summed E-state index contributed by atoms with van der Waals surface area (Å²) in [4.78, 5) is 33.4. The Labute approximate surface area is 94.3 Å². The molecule has 3 amide bonds. The highest BCUT2D eigenvalue weighted by atomic mass is 16.2. The molecule has 0 bridgehead atoms. The fourth-order valence-electron chi connectivity index (χ4n) is 0.954. The molecule has 0 aliphatic heterocycles. The third-order valence-electron chi connectivity index (χ3n) is 1.64. The minimum absolute atomic E-state index is 0.227. The minimum Gasteiger partial charge on any atom is -0.355 e. The molecule has 0 spiro atoms. The van der Waals surface area contributed by atoms with Crippen LogP contribution in [-0.2, 0) is 14.4 Å². The topological polar surface area (TPSA) is 105 Å². The van der Waals surface area contributed by atoms with Crippen LogP contribution in [0.4, 0.5) is 0 Å². The lowest BCUT2D eigenvalue weighted by Crippen LogP contribution is -2.52. The van der Waals surface area contributed by atoms with Gasteiger partial charge >= 0.3 is 0 Å². The third kappa shape index (κ3) is 5.97. The van der Waals surface area contributed by atoms with E-state index in [2.05, 4.69) is 10.7 Å². The molecule has 0 radical (unpaired) electrons. The molecular formula is C9H18N4O3. The van der Waals surface area contributed by atoms with Crippen LogP contribution in [0.25, 0.3) is 0 Å². The number of nitrogens with two attached hydrogens (primary N) is 1. The fourth-order valence-corrected chi connectivity index (χ4v) is 0.954. The first kappa shape index (κ1) is 14.4. The van der Waals surface area contributed by atoms with E-state index >= 15 is 0 Å². The van der Waals surface area contributed by atoms with E-state index in [9.17, 15) is 14.4 Å². The normalized spacial score (nSPS) is 9.44. The van der Waals surface area contributed by atoms with Crippen LogP contribution in [0.2, 0.25) is 0 Å². The molecule has 0 unspecified atom stereocenters. The van der Waals surface area contributed by atoms with Crippen LogP contribution in [0.5, 0.6) is 0 Å². The van der Waals surface area contributed by atoms with E-state index in [0.717, 1.165) is 11.4 Å². The summed E-state index contributed by atoms with van der Waals surface area (Å²) in [6.07, 6.45) is 0.802. The molecule has 4 N–H and O–H groups in total. The Hall–Kier alpha value is -1.63. The first-order valence-corrected chi connectivity index (χ1v) is 5.05. The van der Waals surface area contributed by atoms with Gasteiger partial charge in [0.15, 0.2) is 0 Å². The Morgan fingerprint density at radius 2 is 1.94 bits per heavy atom. The average Bonchev–Trinajstić information content (AvgIpc) is 2.23. The molecule has 0 atom stereocenters. The molecule has 0 saturated heterocycles. The molecule has 0 saturated carbocycles. The predicted octanol–water partition coefficient (Wildman–Crippen LogP) is -1.65. The second-order valence-corrected chi connectivity index (χ2v) is 3.20. The van der Waals surface area contributed by atoms with E-state index in [-0.39, 0.29) is 19.0 Å². The van der Waals surface area contributed by atoms with Gasteiger partial charge in [-0.2, -0.15) is 0 Å². The molecule has 92 valence electrons. The standard InChI is InChI=1S/C9H18N4O3/c1-3-4-11-8(15)6-13(9(16)5-10)12-7(2)14/h3-6,10H2,1-2H3,(H,11,15)(H,12,14). The molecule has 0 aromatic heterocycles. The van der Waals surface area contributed by atoms with Crippen molar-refractivity contribution in [3.05, 3.63) is 0 Å². The van der Waals surface area contributed by atoms with E-state index in [4.69, 9.17) is 5.73 Å². The van der Waals surface area contributed by atoms with Gasteiger partial charge in [-0.15, -0.1) is 0 Å². The van der Waals surface area contributed by atoms with E-state index in [1.165, 1.54) is 6.92 Å². The summed E-state index contributed by atoms with van der Waals surface area (Å²) < 4.78 is 0. The summed E-state index contributed by atoms with van der Waals surface area (Å²) in [6.45, 7) is 3.21. The van der Waals surface area contributed by atoms with Crippen LogP contribution < -0.4 is 16.5 Å². The molecule has 16 heavy (non-hydrogen) atoms. The summed E-state index contributed by atoms with van der Waals surface area (Å²) in [6, 6.07) is 0. The molecule has 7 nitrogen and oxygen atoms in total. The lowest BCUT2D eigenvalue weighted by Gasteiger charge is -2.21. The first-order valence-electron chi connectivity index (χ1n) is 5.05. The van der Waals surface area contributed by atoms with Crippen molar-refractivity contribution in [1.82, 2.24) is 15.8 Å². The van der Waals surface area contributed by atoms with E-state index in [0.29, 0.717) is 6.54 Å². The van der Waals surface area contributed by atoms with Crippen LogP contribution >= 0.6 is 0 Å². The highest BCUT2D eigenvalue weighted by Crippen LogP contribution is 1.85. The number of nitrogens with zero attached hydrogens (tertiary/aromatic N) is 1. The fraction of sp³-hybridized carbons (Fsp3) is 0.667. The van der Waals surface area contributed by atoms with Crippen molar-refractivity contribution >= 4 is 17.7 Å². The van der Waals surface area contributed by atoms with Crippen LogP contribution in [0, 0.1) is 0 Å². The summed E-state index contributed by atoms with van der Waals surface area (Å²) in [5.41, 5.74) is 7.39. The van der Waals surface area contributed by atoms with Crippen molar-refractivity contribution < 1.29 is 14.4 Å². The summed E-state index contributed by atoms with van der Waals surface area (Å²) in [5, 5.41) is 3.50. The Kier molecular flexibility index (Phi) is 6.86. The number of carbonyl (C=O) groups excluding carboxylic acids is 3.